The SMILES string of the molecule is CCCCCCCCCCCCCCCCCCCCC(O)C(=O)NC(CS(=O)(=O)O)C(O)CCCCCCCCCCCCCCCCCC. The van der Waals surface area contributed by atoms with Crippen molar-refractivity contribution in [3.63, 3.8) is 0 Å². The molecule has 3 atom stereocenters. The van der Waals surface area contributed by atoms with Gasteiger partial charge >= 0.3 is 0 Å². The topological polar surface area (TPSA) is 124 Å². The van der Waals surface area contributed by atoms with Gasteiger partial charge in [0.2, 0.25) is 5.91 Å². The highest BCUT2D eigenvalue weighted by atomic mass is 32.2. The van der Waals surface area contributed by atoms with Gasteiger partial charge in [0.25, 0.3) is 10.1 Å². The van der Waals surface area contributed by atoms with E-state index >= 15 is 0 Å². The van der Waals surface area contributed by atoms with Crippen molar-refractivity contribution >= 4 is 16.0 Å². The Morgan fingerprint density at radius 3 is 0.980 bits per heavy atom. The Bertz CT molecular complexity index is 838. The number of carbonyl (C=O) groups excluding carboxylic acids is 1. The maximum Gasteiger partial charge on any atom is 0.266 e. The van der Waals surface area contributed by atoms with Crippen molar-refractivity contribution in [3.8, 4) is 0 Å². The van der Waals surface area contributed by atoms with Gasteiger partial charge in [0.1, 0.15) is 6.10 Å². The van der Waals surface area contributed by atoms with Gasteiger partial charge in [-0.05, 0) is 12.8 Å². The van der Waals surface area contributed by atoms with Gasteiger partial charge < -0.3 is 15.5 Å². The maximum absolute atomic E-state index is 12.6. The largest absolute Gasteiger partial charge is 0.391 e. The Morgan fingerprint density at radius 1 is 0.451 bits per heavy atom. The third-order valence-electron chi connectivity index (χ3n) is 10.7. The van der Waals surface area contributed by atoms with Crippen molar-refractivity contribution < 1.29 is 28.0 Å². The normalized spacial score (nSPS) is 13.7. The smallest absolute Gasteiger partial charge is 0.266 e. The summed E-state index contributed by atoms with van der Waals surface area (Å²) < 4.78 is 32.6. The fraction of sp³-hybridized carbons (Fsp3) is 0.977. The lowest BCUT2D eigenvalue weighted by Crippen LogP contribution is -2.50. The molecule has 0 aliphatic heterocycles. The highest BCUT2D eigenvalue weighted by Gasteiger charge is 2.28. The van der Waals surface area contributed by atoms with Gasteiger partial charge in [-0.15, -0.1) is 0 Å². The molecule has 51 heavy (non-hydrogen) atoms. The molecule has 0 aromatic heterocycles. The zero-order chi connectivity index (χ0) is 37.7. The monoisotopic (exact) mass is 746 g/mol. The second-order valence-corrected chi connectivity index (χ2v) is 17.3. The van der Waals surface area contributed by atoms with E-state index in [0.717, 1.165) is 44.9 Å². The molecule has 0 heterocycles. The molecule has 4 N–H and O–H groups in total. The summed E-state index contributed by atoms with van der Waals surface area (Å²) in [4.78, 5) is 12.6. The second-order valence-electron chi connectivity index (χ2n) is 15.8. The summed E-state index contributed by atoms with van der Waals surface area (Å²) in [5.41, 5.74) is 0. The maximum atomic E-state index is 12.6. The Kier molecular flexibility index (Phi) is 37.1. The molecule has 0 aliphatic carbocycles. The van der Waals surface area contributed by atoms with Crippen LogP contribution < -0.4 is 5.32 Å². The first kappa shape index (κ1) is 50.3. The number of nitrogens with one attached hydrogen (secondary N) is 1. The predicted octanol–water partition coefficient (Wildman–Crippen LogP) is 12.2. The van der Waals surface area contributed by atoms with Gasteiger partial charge in [-0.3, -0.25) is 9.35 Å². The molecular weight excluding hydrogens is 659 g/mol. The average molecular weight is 746 g/mol. The summed E-state index contributed by atoms with van der Waals surface area (Å²) in [6.45, 7) is 4.53. The molecule has 0 saturated carbocycles. The van der Waals surface area contributed by atoms with Crippen molar-refractivity contribution in [2.24, 2.45) is 0 Å². The molecule has 8 heteroatoms. The number of hydrogen-bond donors (Lipinski definition) is 4. The highest BCUT2D eigenvalue weighted by Crippen LogP contribution is 2.17. The molecule has 0 radical (unpaired) electrons. The van der Waals surface area contributed by atoms with Crippen LogP contribution in [0.4, 0.5) is 0 Å². The van der Waals surface area contributed by atoms with Gasteiger partial charge in [-0.25, -0.2) is 0 Å². The zero-order valence-electron chi connectivity index (χ0n) is 33.9. The number of amides is 1. The molecule has 0 aromatic rings. The van der Waals surface area contributed by atoms with Gasteiger partial charge in [-0.1, -0.05) is 232 Å². The van der Waals surface area contributed by atoms with Crippen LogP contribution in [-0.2, 0) is 14.9 Å². The molecule has 0 rings (SSSR count). The van der Waals surface area contributed by atoms with Gasteiger partial charge in [0.05, 0.1) is 17.9 Å². The van der Waals surface area contributed by atoms with E-state index < -0.39 is 40.0 Å². The first-order valence-corrected chi connectivity index (χ1v) is 23.9. The minimum Gasteiger partial charge on any atom is -0.391 e. The summed E-state index contributed by atoms with van der Waals surface area (Å²) in [6, 6.07) is -1.14. The molecule has 0 fully saturated rings. The van der Waals surface area contributed by atoms with Crippen LogP contribution in [0, 0.1) is 0 Å². The molecule has 7 nitrogen and oxygen atoms in total. The third kappa shape index (κ3) is 37.4. The van der Waals surface area contributed by atoms with Crippen LogP contribution in [0.2, 0.25) is 0 Å². The third-order valence-corrected chi connectivity index (χ3v) is 11.4. The number of carbonyl (C=O) groups is 1. The summed E-state index contributed by atoms with van der Waals surface area (Å²) in [5.74, 6) is -1.44. The summed E-state index contributed by atoms with van der Waals surface area (Å²) >= 11 is 0. The number of aliphatic hydroxyl groups excluding tert-OH is 2. The highest BCUT2D eigenvalue weighted by molar-refractivity contribution is 7.85. The van der Waals surface area contributed by atoms with E-state index in [0.29, 0.717) is 12.8 Å². The van der Waals surface area contributed by atoms with Crippen LogP contribution in [0.5, 0.6) is 0 Å². The number of aliphatic hydroxyl groups is 2. The Labute approximate surface area is 317 Å². The lowest BCUT2D eigenvalue weighted by atomic mass is 10.0. The van der Waals surface area contributed by atoms with Crippen molar-refractivity contribution in [3.05, 3.63) is 0 Å². The van der Waals surface area contributed by atoms with Crippen LogP contribution in [0.1, 0.15) is 245 Å². The standard InChI is InChI=1S/C43H87NO6S/c1-3-5-7-9-11-13-15-17-19-21-22-24-26-28-30-32-34-36-38-42(46)43(47)44-40(39-51(48,49)50)41(45)37-35-33-31-29-27-25-23-20-18-16-14-12-10-8-6-4-2/h40-42,45-46H,3-39H2,1-2H3,(H,44,47)(H,48,49,50). The van der Waals surface area contributed by atoms with Crippen molar-refractivity contribution in [2.45, 2.75) is 263 Å². The zero-order valence-corrected chi connectivity index (χ0v) is 34.7. The number of rotatable bonds is 41. The van der Waals surface area contributed by atoms with E-state index in [2.05, 4.69) is 19.2 Å². The number of unbranched alkanes of at least 4 members (excludes halogenated alkanes) is 32. The van der Waals surface area contributed by atoms with Gasteiger partial charge in [0.15, 0.2) is 0 Å². The van der Waals surface area contributed by atoms with Gasteiger partial charge in [0, 0.05) is 0 Å². The predicted molar refractivity (Wildman–Crippen MR) is 218 cm³/mol. The minimum absolute atomic E-state index is 0.304. The molecule has 0 aliphatic rings. The van der Waals surface area contributed by atoms with E-state index in [1.54, 1.807) is 0 Å². The molecule has 0 aromatic carbocycles. The Balaban J connectivity index is 3.89. The lowest BCUT2D eigenvalue weighted by Gasteiger charge is -2.24. The van der Waals surface area contributed by atoms with Crippen LogP contribution in [0.25, 0.3) is 0 Å². The summed E-state index contributed by atoms with van der Waals surface area (Å²) in [5, 5.41) is 23.6. The Morgan fingerprint density at radius 2 is 0.706 bits per heavy atom. The second kappa shape index (κ2) is 37.6. The quantitative estimate of drug-likeness (QED) is 0.0365. The van der Waals surface area contributed by atoms with Crippen LogP contribution in [0.15, 0.2) is 0 Å². The van der Waals surface area contributed by atoms with E-state index in [-0.39, 0.29) is 0 Å². The molecule has 0 saturated heterocycles. The van der Waals surface area contributed by atoms with E-state index in [4.69, 9.17) is 0 Å². The molecular formula is C43H87NO6S. The van der Waals surface area contributed by atoms with Crippen LogP contribution >= 0.6 is 0 Å². The Hall–Kier alpha value is -0.700. The molecule has 1 amide bonds. The fourth-order valence-corrected chi connectivity index (χ4v) is 7.99. The average Bonchev–Trinajstić information content (AvgIpc) is 3.09. The van der Waals surface area contributed by atoms with Crippen molar-refractivity contribution in [1.29, 1.82) is 0 Å². The van der Waals surface area contributed by atoms with Gasteiger partial charge in [-0.2, -0.15) is 8.42 Å². The van der Waals surface area contributed by atoms with Crippen LogP contribution in [-0.4, -0.2) is 53.1 Å². The van der Waals surface area contributed by atoms with Crippen molar-refractivity contribution in [1.82, 2.24) is 5.32 Å². The first-order chi connectivity index (χ1) is 24.7. The summed E-state index contributed by atoms with van der Waals surface area (Å²) in [7, 11) is -4.40. The lowest BCUT2D eigenvalue weighted by molar-refractivity contribution is -0.131. The first-order valence-electron chi connectivity index (χ1n) is 22.3. The van der Waals surface area contributed by atoms with E-state index in [1.165, 1.54) is 173 Å². The molecule has 0 spiro atoms. The molecule has 0 bridgehead atoms. The van der Waals surface area contributed by atoms with E-state index in [1.807, 2.05) is 0 Å². The van der Waals surface area contributed by atoms with Crippen molar-refractivity contribution in [2.75, 3.05) is 5.75 Å². The summed E-state index contributed by atoms with van der Waals surface area (Å²) in [6.07, 6.45) is 41.2. The van der Waals surface area contributed by atoms with Crippen LogP contribution in [0.3, 0.4) is 0 Å². The van der Waals surface area contributed by atoms with E-state index in [9.17, 15) is 28.0 Å². The number of hydrogen-bond acceptors (Lipinski definition) is 5. The fourth-order valence-electron chi connectivity index (χ4n) is 7.23. The molecule has 306 valence electrons. The molecule has 3 unspecified atom stereocenters. The minimum atomic E-state index is -4.40.